The van der Waals surface area contributed by atoms with Gasteiger partial charge in [-0.25, -0.2) is 4.98 Å². The number of rotatable bonds is 4. The Morgan fingerprint density at radius 1 is 1.10 bits per heavy atom. The minimum atomic E-state index is 0.493. The zero-order valence-electron chi connectivity index (χ0n) is 11.8. The maximum atomic E-state index is 5.58. The zero-order chi connectivity index (χ0) is 14.7. The number of hydrogen-bond donors (Lipinski definition) is 1. The van der Waals surface area contributed by atoms with E-state index in [1.807, 2.05) is 49.4 Å². The van der Waals surface area contributed by atoms with Crippen molar-refractivity contribution in [2.45, 2.75) is 13.3 Å². The zero-order valence-corrected chi connectivity index (χ0v) is 11.8. The first kappa shape index (κ1) is 13.5. The maximum absolute atomic E-state index is 5.58. The molecule has 0 aliphatic rings. The van der Waals surface area contributed by atoms with Crippen LogP contribution in [0, 0.1) is 6.92 Å². The molecule has 5 nitrogen and oxygen atoms in total. The molecule has 0 unspecified atom stereocenters. The molecule has 0 aliphatic heterocycles. The fraction of sp³-hybridized carbons (Fsp3) is 0.188. The summed E-state index contributed by atoms with van der Waals surface area (Å²) in [6.07, 6.45) is 0.828. The summed E-state index contributed by atoms with van der Waals surface area (Å²) in [7, 11) is 0. The summed E-state index contributed by atoms with van der Waals surface area (Å²) < 4.78 is 5.35. The molecule has 1 aromatic carbocycles. The van der Waals surface area contributed by atoms with Gasteiger partial charge in [-0.05, 0) is 49.7 Å². The van der Waals surface area contributed by atoms with Gasteiger partial charge in [-0.1, -0.05) is 23.4 Å². The Labute approximate surface area is 122 Å². The second-order valence-corrected chi connectivity index (χ2v) is 4.83. The predicted octanol–water partition coefficient (Wildman–Crippen LogP) is 2.61. The van der Waals surface area contributed by atoms with E-state index < -0.39 is 0 Å². The van der Waals surface area contributed by atoms with Crippen LogP contribution in [0.2, 0.25) is 0 Å². The highest BCUT2D eigenvalue weighted by Gasteiger charge is 2.11. The second kappa shape index (κ2) is 5.85. The number of benzene rings is 1. The van der Waals surface area contributed by atoms with Crippen LogP contribution >= 0.6 is 0 Å². The molecule has 0 spiro atoms. The molecule has 3 rings (SSSR count). The number of pyridine rings is 1. The molecule has 106 valence electrons. The summed E-state index contributed by atoms with van der Waals surface area (Å²) >= 11 is 0. The van der Waals surface area contributed by atoms with E-state index in [2.05, 4.69) is 15.1 Å². The lowest BCUT2D eigenvalue weighted by Crippen LogP contribution is -2.02. The molecule has 2 heterocycles. The van der Waals surface area contributed by atoms with E-state index >= 15 is 0 Å². The van der Waals surface area contributed by atoms with E-state index in [4.69, 9.17) is 10.3 Å². The topological polar surface area (TPSA) is 77.8 Å². The van der Waals surface area contributed by atoms with E-state index in [1.54, 1.807) is 0 Å². The standard InChI is InChI=1S/C16H16N4O/c1-11-4-2-7-14(18-11)15-19-16(21-20-15)13-6-3-5-12(10-13)8-9-17/h2-7,10H,8-9,17H2,1H3. The lowest BCUT2D eigenvalue weighted by molar-refractivity contribution is 0.432. The number of hydrogen-bond acceptors (Lipinski definition) is 5. The van der Waals surface area contributed by atoms with Crippen molar-refractivity contribution in [2.24, 2.45) is 5.73 Å². The Balaban J connectivity index is 1.93. The summed E-state index contributed by atoms with van der Waals surface area (Å²) in [5, 5.41) is 4.01. The minimum Gasteiger partial charge on any atom is -0.334 e. The summed E-state index contributed by atoms with van der Waals surface area (Å²) in [5.74, 6) is 0.991. The average molecular weight is 280 g/mol. The van der Waals surface area contributed by atoms with Gasteiger partial charge in [0.05, 0.1) is 0 Å². The van der Waals surface area contributed by atoms with Crippen LogP contribution in [0.25, 0.3) is 23.0 Å². The molecule has 0 aliphatic carbocycles. The fourth-order valence-electron chi connectivity index (χ4n) is 2.14. The largest absolute Gasteiger partial charge is 0.334 e. The van der Waals surface area contributed by atoms with Crippen molar-refractivity contribution in [3.8, 4) is 23.0 Å². The van der Waals surface area contributed by atoms with Gasteiger partial charge in [0.25, 0.3) is 5.89 Å². The van der Waals surface area contributed by atoms with Gasteiger partial charge in [-0.15, -0.1) is 0 Å². The Hall–Kier alpha value is -2.53. The first-order chi connectivity index (χ1) is 10.3. The van der Waals surface area contributed by atoms with Crippen molar-refractivity contribution in [1.82, 2.24) is 15.1 Å². The quantitative estimate of drug-likeness (QED) is 0.794. The van der Waals surface area contributed by atoms with E-state index in [9.17, 15) is 0 Å². The Morgan fingerprint density at radius 3 is 2.76 bits per heavy atom. The minimum absolute atomic E-state index is 0.493. The van der Waals surface area contributed by atoms with Crippen molar-refractivity contribution in [2.75, 3.05) is 6.54 Å². The third-order valence-electron chi connectivity index (χ3n) is 3.15. The Morgan fingerprint density at radius 2 is 1.95 bits per heavy atom. The predicted molar refractivity (Wildman–Crippen MR) is 80.5 cm³/mol. The van der Waals surface area contributed by atoms with Crippen molar-refractivity contribution >= 4 is 0 Å². The smallest absolute Gasteiger partial charge is 0.258 e. The molecule has 0 amide bonds. The van der Waals surface area contributed by atoms with Crippen LogP contribution in [0.1, 0.15) is 11.3 Å². The highest BCUT2D eigenvalue weighted by atomic mass is 16.5. The SMILES string of the molecule is Cc1cccc(-c2noc(-c3cccc(CCN)c3)n2)n1. The van der Waals surface area contributed by atoms with Crippen LogP contribution < -0.4 is 5.73 Å². The molecule has 21 heavy (non-hydrogen) atoms. The first-order valence-electron chi connectivity index (χ1n) is 6.83. The number of nitrogens with two attached hydrogens (primary N) is 1. The molecule has 3 aromatic rings. The van der Waals surface area contributed by atoms with Gasteiger partial charge in [0.15, 0.2) is 0 Å². The molecule has 0 fully saturated rings. The van der Waals surface area contributed by atoms with Gasteiger partial charge >= 0.3 is 0 Å². The van der Waals surface area contributed by atoms with E-state index in [-0.39, 0.29) is 0 Å². The Kier molecular flexibility index (Phi) is 3.75. The van der Waals surface area contributed by atoms with Gasteiger partial charge in [-0.3, -0.25) is 0 Å². The van der Waals surface area contributed by atoms with Crippen LogP contribution in [0.15, 0.2) is 47.0 Å². The van der Waals surface area contributed by atoms with Crippen molar-refractivity contribution in [1.29, 1.82) is 0 Å². The molecule has 2 aromatic heterocycles. The van der Waals surface area contributed by atoms with Gasteiger partial charge in [0.2, 0.25) is 5.82 Å². The van der Waals surface area contributed by atoms with Crippen LogP contribution in [0.5, 0.6) is 0 Å². The summed E-state index contributed by atoms with van der Waals surface area (Å²) in [6.45, 7) is 2.55. The monoisotopic (exact) mass is 280 g/mol. The highest BCUT2D eigenvalue weighted by molar-refractivity contribution is 5.58. The fourth-order valence-corrected chi connectivity index (χ4v) is 2.14. The second-order valence-electron chi connectivity index (χ2n) is 4.83. The molecule has 5 heteroatoms. The van der Waals surface area contributed by atoms with Crippen LogP contribution in [0.4, 0.5) is 0 Å². The highest BCUT2D eigenvalue weighted by Crippen LogP contribution is 2.22. The number of aromatic nitrogens is 3. The normalized spacial score (nSPS) is 10.8. The molecule has 0 radical (unpaired) electrons. The lowest BCUT2D eigenvalue weighted by atomic mass is 10.1. The van der Waals surface area contributed by atoms with Gasteiger partial charge in [0.1, 0.15) is 5.69 Å². The van der Waals surface area contributed by atoms with Crippen molar-refractivity contribution in [3.05, 3.63) is 53.7 Å². The lowest BCUT2D eigenvalue weighted by Gasteiger charge is -2.00. The number of aryl methyl sites for hydroxylation is 1. The average Bonchev–Trinajstić information content (AvgIpc) is 2.98. The van der Waals surface area contributed by atoms with E-state index in [0.717, 1.165) is 23.2 Å². The summed E-state index contributed by atoms with van der Waals surface area (Å²) in [6, 6.07) is 13.7. The van der Waals surface area contributed by atoms with Crippen LogP contribution in [0.3, 0.4) is 0 Å². The van der Waals surface area contributed by atoms with Gasteiger partial charge in [-0.2, -0.15) is 4.98 Å². The molecule has 2 N–H and O–H groups in total. The molecule has 0 saturated heterocycles. The van der Waals surface area contributed by atoms with E-state index in [0.29, 0.717) is 24.0 Å². The van der Waals surface area contributed by atoms with Gasteiger partial charge < -0.3 is 10.3 Å². The third kappa shape index (κ3) is 2.98. The third-order valence-corrected chi connectivity index (χ3v) is 3.15. The molecule has 0 bridgehead atoms. The van der Waals surface area contributed by atoms with Gasteiger partial charge in [0, 0.05) is 11.3 Å². The van der Waals surface area contributed by atoms with E-state index in [1.165, 1.54) is 0 Å². The van der Waals surface area contributed by atoms with Crippen molar-refractivity contribution in [3.63, 3.8) is 0 Å². The first-order valence-corrected chi connectivity index (χ1v) is 6.83. The number of nitrogens with zero attached hydrogens (tertiary/aromatic N) is 3. The van der Waals surface area contributed by atoms with Crippen molar-refractivity contribution < 1.29 is 4.52 Å². The molecule has 0 atom stereocenters. The van der Waals surface area contributed by atoms with Crippen LogP contribution in [-0.4, -0.2) is 21.7 Å². The maximum Gasteiger partial charge on any atom is 0.258 e. The summed E-state index contributed by atoms with van der Waals surface area (Å²) in [5.41, 5.74) is 9.27. The molecular weight excluding hydrogens is 264 g/mol. The Bertz CT molecular complexity index is 751. The van der Waals surface area contributed by atoms with Crippen LogP contribution in [-0.2, 0) is 6.42 Å². The molecule has 0 saturated carbocycles. The summed E-state index contributed by atoms with van der Waals surface area (Å²) in [4.78, 5) is 8.82. The molecular formula is C16H16N4O.